The molecule has 0 amide bonds. The first-order valence-corrected chi connectivity index (χ1v) is 5.76. The molecule has 2 atom stereocenters. The fourth-order valence-corrected chi connectivity index (χ4v) is 2.06. The molecule has 0 aliphatic carbocycles. The zero-order valence-corrected chi connectivity index (χ0v) is 10.2. The SMILES string of the molecule is COc1ccc(C2CC(O)CCO2)cc1OC. The molecule has 1 aliphatic rings. The van der Waals surface area contributed by atoms with Crippen LogP contribution in [-0.4, -0.2) is 32.0 Å². The summed E-state index contributed by atoms with van der Waals surface area (Å²) in [5.74, 6) is 1.39. The number of methoxy groups -OCH3 is 2. The van der Waals surface area contributed by atoms with Crippen LogP contribution in [0.15, 0.2) is 18.2 Å². The van der Waals surface area contributed by atoms with Gasteiger partial charge >= 0.3 is 0 Å². The minimum atomic E-state index is -0.276. The van der Waals surface area contributed by atoms with Crippen molar-refractivity contribution in [1.82, 2.24) is 0 Å². The van der Waals surface area contributed by atoms with Crippen LogP contribution in [0.4, 0.5) is 0 Å². The summed E-state index contributed by atoms with van der Waals surface area (Å²) in [6, 6.07) is 5.71. The van der Waals surface area contributed by atoms with Gasteiger partial charge in [0.05, 0.1) is 26.4 Å². The average Bonchev–Trinajstić information content (AvgIpc) is 2.38. The van der Waals surface area contributed by atoms with Crippen molar-refractivity contribution in [1.29, 1.82) is 0 Å². The fourth-order valence-electron chi connectivity index (χ4n) is 2.06. The summed E-state index contributed by atoms with van der Waals surface area (Å²) in [5.41, 5.74) is 1.02. The van der Waals surface area contributed by atoms with E-state index in [1.165, 1.54) is 0 Å². The molecule has 1 saturated heterocycles. The zero-order chi connectivity index (χ0) is 12.3. The van der Waals surface area contributed by atoms with Gasteiger partial charge in [0.15, 0.2) is 11.5 Å². The lowest BCUT2D eigenvalue weighted by Gasteiger charge is -2.27. The van der Waals surface area contributed by atoms with Crippen LogP contribution in [-0.2, 0) is 4.74 Å². The summed E-state index contributed by atoms with van der Waals surface area (Å²) >= 11 is 0. The molecule has 1 aromatic carbocycles. The van der Waals surface area contributed by atoms with E-state index in [0.29, 0.717) is 30.9 Å². The molecule has 17 heavy (non-hydrogen) atoms. The van der Waals surface area contributed by atoms with Gasteiger partial charge in [-0.15, -0.1) is 0 Å². The van der Waals surface area contributed by atoms with Crippen molar-refractivity contribution >= 4 is 0 Å². The van der Waals surface area contributed by atoms with E-state index in [4.69, 9.17) is 14.2 Å². The molecule has 0 saturated carbocycles. The summed E-state index contributed by atoms with van der Waals surface area (Å²) in [4.78, 5) is 0. The molecule has 1 fully saturated rings. The van der Waals surface area contributed by atoms with Gasteiger partial charge in [0.2, 0.25) is 0 Å². The number of rotatable bonds is 3. The number of ether oxygens (including phenoxy) is 3. The molecule has 0 aromatic heterocycles. The molecule has 4 nitrogen and oxygen atoms in total. The smallest absolute Gasteiger partial charge is 0.161 e. The van der Waals surface area contributed by atoms with Gasteiger partial charge in [0.25, 0.3) is 0 Å². The van der Waals surface area contributed by atoms with Crippen molar-refractivity contribution < 1.29 is 19.3 Å². The minimum Gasteiger partial charge on any atom is -0.493 e. The lowest BCUT2D eigenvalue weighted by atomic mass is 9.99. The van der Waals surface area contributed by atoms with Crippen LogP contribution in [0, 0.1) is 0 Å². The van der Waals surface area contributed by atoms with Gasteiger partial charge in [0.1, 0.15) is 0 Å². The van der Waals surface area contributed by atoms with Crippen molar-refractivity contribution in [3.63, 3.8) is 0 Å². The van der Waals surface area contributed by atoms with Crippen molar-refractivity contribution in [3.8, 4) is 11.5 Å². The Morgan fingerprint density at radius 3 is 2.65 bits per heavy atom. The first-order chi connectivity index (χ1) is 8.24. The Morgan fingerprint density at radius 2 is 2.00 bits per heavy atom. The van der Waals surface area contributed by atoms with Gasteiger partial charge in [-0.25, -0.2) is 0 Å². The van der Waals surface area contributed by atoms with E-state index in [2.05, 4.69) is 0 Å². The first-order valence-electron chi connectivity index (χ1n) is 5.76. The van der Waals surface area contributed by atoms with Crippen LogP contribution in [0.2, 0.25) is 0 Å². The highest BCUT2D eigenvalue weighted by atomic mass is 16.5. The lowest BCUT2D eigenvalue weighted by Crippen LogP contribution is -2.23. The molecule has 4 heteroatoms. The van der Waals surface area contributed by atoms with E-state index >= 15 is 0 Å². The Labute approximate surface area is 101 Å². The zero-order valence-electron chi connectivity index (χ0n) is 10.2. The summed E-state index contributed by atoms with van der Waals surface area (Å²) in [6.07, 6.45) is 1.01. The summed E-state index contributed by atoms with van der Waals surface area (Å²) in [7, 11) is 3.22. The number of hydrogen-bond acceptors (Lipinski definition) is 4. The second-order valence-electron chi connectivity index (χ2n) is 4.15. The highest BCUT2D eigenvalue weighted by molar-refractivity contribution is 5.43. The second kappa shape index (κ2) is 5.38. The monoisotopic (exact) mass is 238 g/mol. The first kappa shape index (κ1) is 12.2. The topological polar surface area (TPSA) is 47.9 Å². The summed E-state index contributed by atoms with van der Waals surface area (Å²) in [6.45, 7) is 0.597. The summed E-state index contributed by atoms with van der Waals surface area (Å²) in [5, 5.41) is 9.63. The Morgan fingerprint density at radius 1 is 1.24 bits per heavy atom. The third-order valence-corrected chi connectivity index (χ3v) is 3.04. The van der Waals surface area contributed by atoms with E-state index in [-0.39, 0.29) is 12.2 Å². The van der Waals surface area contributed by atoms with E-state index in [0.717, 1.165) is 5.56 Å². The van der Waals surface area contributed by atoms with Gasteiger partial charge in [0, 0.05) is 13.0 Å². The molecule has 0 bridgehead atoms. The normalized spacial score (nSPS) is 24.4. The number of aliphatic hydroxyl groups is 1. The Kier molecular flexibility index (Phi) is 3.86. The largest absolute Gasteiger partial charge is 0.493 e. The number of aliphatic hydroxyl groups excluding tert-OH is 1. The lowest BCUT2D eigenvalue weighted by molar-refractivity contribution is -0.0448. The molecule has 1 heterocycles. The molecule has 1 N–H and O–H groups in total. The second-order valence-corrected chi connectivity index (χ2v) is 4.15. The van der Waals surface area contributed by atoms with Gasteiger partial charge in [-0.1, -0.05) is 6.07 Å². The number of benzene rings is 1. The summed E-state index contributed by atoms with van der Waals surface area (Å²) < 4.78 is 16.1. The molecule has 2 rings (SSSR count). The molecule has 1 aliphatic heterocycles. The quantitative estimate of drug-likeness (QED) is 0.874. The van der Waals surface area contributed by atoms with E-state index < -0.39 is 0 Å². The highest BCUT2D eigenvalue weighted by Gasteiger charge is 2.23. The van der Waals surface area contributed by atoms with Gasteiger partial charge in [-0.05, 0) is 24.1 Å². The standard InChI is InChI=1S/C13H18O4/c1-15-11-4-3-9(7-13(11)16-2)12-8-10(14)5-6-17-12/h3-4,7,10,12,14H,5-6,8H2,1-2H3. The van der Waals surface area contributed by atoms with Gasteiger partial charge in [-0.3, -0.25) is 0 Å². The van der Waals surface area contributed by atoms with Crippen LogP contribution >= 0.6 is 0 Å². The molecule has 2 unspecified atom stereocenters. The van der Waals surface area contributed by atoms with Crippen LogP contribution in [0.5, 0.6) is 11.5 Å². The van der Waals surface area contributed by atoms with Crippen LogP contribution in [0.3, 0.4) is 0 Å². The van der Waals surface area contributed by atoms with E-state index in [1.807, 2.05) is 18.2 Å². The van der Waals surface area contributed by atoms with Gasteiger partial charge < -0.3 is 19.3 Å². The van der Waals surface area contributed by atoms with Crippen molar-refractivity contribution in [2.75, 3.05) is 20.8 Å². The molecular weight excluding hydrogens is 220 g/mol. The highest BCUT2D eigenvalue weighted by Crippen LogP contribution is 2.34. The van der Waals surface area contributed by atoms with Crippen molar-refractivity contribution in [3.05, 3.63) is 23.8 Å². The van der Waals surface area contributed by atoms with E-state index in [1.54, 1.807) is 14.2 Å². The van der Waals surface area contributed by atoms with Gasteiger partial charge in [-0.2, -0.15) is 0 Å². The van der Waals surface area contributed by atoms with Crippen LogP contribution in [0.1, 0.15) is 24.5 Å². The molecule has 94 valence electrons. The predicted molar refractivity (Wildman–Crippen MR) is 63.5 cm³/mol. The fraction of sp³-hybridized carbons (Fsp3) is 0.538. The number of hydrogen-bond donors (Lipinski definition) is 1. The van der Waals surface area contributed by atoms with Crippen LogP contribution < -0.4 is 9.47 Å². The molecule has 0 spiro atoms. The molecule has 0 radical (unpaired) electrons. The Bertz CT molecular complexity index is 378. The minimum absolute atomic E-state index is 0.0569. The molecular formula is C13H18O4. The maximum atomic E-state index is 9.63. The van der Waals surface area contributed by atoms with Crippen molar-refractivity contribution in [2.45, 2.75) is 25.0 Å². The van der Waals surface area contributed by atoms with Crippen LogP contribution in [0.25, 0.3) is 0 Å². The molecule has 1 aromatic rings. The van der Waals surface area contributed by atoms with E-state index in [9.17, 15) is 5.11 Å². The maximum absolute atomic E-state index is 9.63. The average molecular weight is 238 g/mol. The van der Waals surface area contributed by atoms with Crippen molar-refractivity contribution in [2.24, 2.45) is 0 Å². The third-order valence-electron chi connectivity index (χ3n) is 3.04. The maximum Gasteiger partial charge on any atom is 0.161 e. The Balaban J connectivity index is 2.20. The third kappa shape index (κ3) is 2.70. The Hall–Kier alpha value is -1.26. The predicted octanol–water partition coefficient (Wildman–Crippen LogP) is 1.92.